The molecule has 14 heavy (non-hydrogen) atoms. The van der Waals surface area contributed by atoms with Crippen molar-refractivity contribution in [2.24, 2.45) is 4.40 Å². The van der Waals surface area contributed by atoms with Gasteiger partial charge in [-0.05, 0) is 19.1 Å². The maximum Gasteiger partial charge on any atom is 0.251 e. The SMILES string of the molecule is C/C(=N\S(C)(=O)=O)Nc1ccccc1. The van der Waals surface area contributed by atoms with E-state index in [-0.39, 0.29) is 0 Å². The molecule has 0 radical (unpaired) electrons. The van der Waals surface area contributed by atoms with Crippen molar-refractivity contribution in [3.63, 3.8) is 0 Å². The summed E-state index contributed by atoms with van der Waals surface area (Å²) in [6.07, 6.45) is 1.06. The Kier molecular flexibility index (Phi) is 3.24. The second-order valence-electron chi connectivity index (χ2n) is 2.90. The standard InChI is InChI=1S/C9H12N2O2S/c1-8(11-14(2,12)13)10-9-6-4-3-5-7-9/h3-7H,1-2H3,(H,10,11). The summed E-state index contributed by atoms with van der Waals surface area (Å²) in [5.41, 5.74) is 0.817. The van der Waals surface area contributed by atoms with Crippen LogP contribution in [0.2, 0.25) is 0 Å². The average molecular weight is 212 g/mol. The Balaban J connectivity index is 2.77. The molecule has 1 N–H and O–H groups in total. The lowest BCUT2D eigenvalue weighted by Gasteiger charge is -2.03. The summed E-state index contributed by atoms with van der Waals surface area (Å²) in [6, 6.07) is 9.27. The van der Waals surface area contributed by atoms with Crippen LogP contribution >= 0.6 is 0 Å². The monoisotopic (exact) mass is 212 g/mol. The molecule has 0 aliphatic heterocycles. The Hall–Kier alpha value is -1.36. The van der Waals surface area contributed by atoms with Crippen LogP contribution in [0.3, 0.4) is 0 Å². The van der Waals surface area contributed by atoms with E-state index in [1.807, 2.05) is 30.3 Å². The van der Waals surface area contributed by atoms with Crippen molar-refractivity contribution in [2.75, 3.05) is 11.6 Å². The van der Waals surface area contributed by atoms with Crippen molar-refractivity contribution in [3.8, 4) is 0 Å². The molecule has 0 spiro atoms. The summed E-state index contributed by atoms with van der Waals surface area (Å²) >= 11 is 0. The second kappa shape index (κ2) is 4.23. The number of hydrogen-bond donors (Lipinski definition) is 1. The van der Waals surface area contributed by atoms with Crippen molar-refractivity contribution in [1.82, 2.24) is 0 Å². The van der Waals surface area contributed by atoms with Gasteiger partial charge in [-0.2, -0.15) is 4.40 Å². The molecular weight excluding hydrogens is 200 g/mol. The first-order valence-corrected chi connectivity index (χ1v) is 5.91. The third kappa shape index (κ3) is 4.04. The molecule has 0 amide bonds. The molecule has 0 saturated heterocycles. The van der Waals surface area contributed by atoms with Gasteiger partial charge in [0.25, 0.3) is 10.0 Å². The van der Waals surface area contributed by atoms with E-state index in [0.717, 1.165) is 11.9 Å². The highest BCUT2D eigenvalue weighted by Crippen LogP contribution is 2.05. The number of para-hydroxylation sites is 1. The van der Waals surface area contributed by atoms with Crippen LogP contribution in [0.15, 0.2) is 34.7 Å². The van der Waals surface area contributed by atoms with Crippen molar-refractivity contribution >= 4 is 21.5 Å². The van der Waals surface area contributed by atoms with E-state index < -0.39 is 10.0 Å². The minimum Gasteiger partial charge on any atom is -0.343 e. The first kappa shape index (κ1) is 10.7. The Bertz CT molecular complexity index is 423. The molecule has 5 heteroatoms. The van der Waals surface area contributed by atoms with Gasteiger partial charge in [0.15, 0.2) is 0 Å². The van der Waals surface area contributed by atoms with Crippen LogP contribution in [0.5, 0.6) is 0 Å². The first-order valence-electron chi connectivity index (χ1n) is 4.06. The molecule has 0 heterocycles. The molecule has 1 rings (SSSR count). The lowest BCUT2D eigenvalue weighted by atomic mass is 10.3. The van der Waals surface area contributed by atoms with E-state index in [0.29, 0.717) is 5.84 Å². The second-order valence-corrected chi connectivity index (χ2v) is 4.55. The van der Waals surface area contributed by atoms with Crippen LogP contribution in [0.4, 0.5) is 5.69 Å². The van der Waals surface area contributed by atoms with Gasteiger partial charge in [0, 0.05) is 5.69 Å². The highest BCUT2D eigenvalue weighted by molar-refractivity contribution is 7.89. The molecule has 0 aliphatic carbocycles. The minimum absolute atomic E-state index is 0.360. The highest BCUT2D eigenvalue weighted by atomic mass is 32.2. The van der Waals surface area contributed by atoms with Gasteiger partial charge in [0.1, 0.15) is 5.84 Å². The summed E-state index contributed by atoms with van der Waals surface area (Å²) in [5, 5.41) is 2.87. The molecule has 76 valence electrons. The van der Waals surface area contributed by atoms with Gasteiger partial charge in [-0.3, -0.25) is 0 Å². The number of amidine groups is 1. The quantitative estimate of drug-likeness (QED) is 0.596. The maximum absolute atomic E-state index is 10.8. The van der Waals surface area contributed by atoms with Gasteiger partial charge >= 0.3 is 0 Å². The molecule has 1 aromatic rings. The number of nitrogens with one attached hydrogen (secondary N) is 1. The van der Waals surface area contributed by atoms with Crippen LogP contribution < -0.4 is 5.32 Å². The third-order valence-corrected chi connectivity index (χ3v) is 2.01. The predicted molar refractivity (Wildman–Crippen MR) is 58.0 cm³/mol. The summed E-state index contributed by atoms with van der Waals surface area (Å²) in [4.78, 5) is 0. The Morgan fingerprint density at radius 2 is 1.86 bits per heavy atom. The van der Waals surface area contributed by atoms with E-state index in [2.05, 4.69) is 9.71 Å². The van der Waals surface area contributed by atoms with Gasteiger partial charge in [-0.25, -0.2) is 8.42 Å². The molecule has 0 atom stereocenters. The van der Waals surface area contributed by atoms with Crippen molar-refractivity contribution in [2.45, 2.75) is 6.92 Å². The van der Waals surface area contributed by atoms with E-state index in [9.17, 15) is 8.42 Å². The predicted octanol–water partition coefficient (Wildman–Crippen LogP) is 1.48. The van der Waals surface area contributed by atoms with Gasteiger partial charge in [0.2, 0.25) is 0 Å². The number of sulfonamides is 1. The van der Waals surface area contributed by atoms with Gasteiger partial charge < -0.3 is 5.32 Å². The Morgan fingerprint density at radius 1 is 1.29 bits per heavy atom. The fraction of sp³-hybridized carbons (Fsp3) is 0.222. The van der Waals surface area contributed by atoms with Crippen molar-refractivity contribution < 1.29 is 8.42 Å². The normalized spacial score (nSPS) is 12.6. The van der Waals surface area contributed by atoms with Crippen LogP contribution in [0.25, 0.3) is 0 Å². The first-order chi connectivity index (χ1) is 6.47. The van der Waals surface area contributed by atoms with Crippen molar-refractivity contribution in [1.29, 1.82) is 0 Å². The largest absolute Gasteiger partial charge is 0.343 e. The molecule has 0 aromatic heterocycles. The zero-order chi connectivity index (χ0) is 10.6. The third-order valence-electron chi connectivity index (χ3n) is 1.40. The van der Waals surface area contributed by atoms with E-state index in [1.54, 1.807) is 6.92 Å². The van der Waals surface area contributed by atoms with Crippen LogP contribution in [-0.4, -0.2) is 20.5 Å². The zero-order valence-corrected chi connectivity index (χ0v) is 8.88. The topological polar surface area (TPSA) is 58.5 Å². The van der Waals surface area contributed by atoms with Gasteiger partial charge in [-0.1, -0.05) is 18.2 Å². The maximum atomic E-state index is 10.8. The zero-order valence-electron chi connectivity index (χ0n) is 8.06. The molecule has 0 saturated carbocycles. The molecule has 0 bridgehead atoms. The van der Waals surface area contributed by atoms with Crippen LogP contribution in [0.1, 0.15) is 6.92 Å². The fourth-order valence-corrected chi connectivity index (χ4v) is 1.55. The smallest absolute Gasteiger partial charge is 0.251 e. The molecule has 4 nitrogen and oxygen atoms in total. The number of nitrogens with zero attached hydrogens (tertiary/aromatic N) is 1. The fourth-order valence-electron chi connectivity index (χ4n) is 1.00. The van der Waals surface area contributed by atoms with E-state index in [4.69, 9.17) is 0 Å². The Labute approximate surface area is 83.7 Å². The summed E-state index contributed by atoms with van der Waals surface area (Å²) in [6.45, 7) is 1.61. The average Bonchev–Trinajstić information content (AvgIpc) is 2.02. The molecular formula is C9H12N2O2S. The molecule has 0 fully saturated rings. The molecule has 0 unspecified atom stereocenters. The number of rotatable bonds is 2. The minimum atomic E-state index is -3.32. The molecule has 1 aromatic carbocycles. The highest BCUT2D eigenvalue weighted by Gasteiger charge is 1.98. The summed E-state index contributed by atoms with van der Waals surface area (Å²) in [7, 11) is -3.32. The number of benzene rings is 1. The van der Waals surface area contributed by atoms with Gasteiger partial charge in [-0.15, -0.1) is 0 Å². The number of anilines is 1. The van der Waals surface area contributed by atoms with Crippen LogP contribution in [0, 0.1) is 0 Å². The molecule has 0 aliphatic rings. The number of hydrogen-bond acceptors (Lipinski definition) is 2. The van der Waals surface area contributed by atoms with E-state index >= 15 is 0 Å². The summed E-state index contributed by atoms with van der Waals surface area (Å²) < 4.78 is 25.1. The lowest BCUT2D eigenvalue weighted by molar-refractivity contribution is 0.603. The van der Waals surface area contributed by atoms with Crippen LogP contribution in [-0.2, 0) is 10.0 Å². The lowest BCUT2D eigenvalue weighted by Crippen LogP contribution is -2.09. The van der Waals surface area contributed by atoms with Crippen molar-refractivity contribution in [3.05, 3.63) is 30.3 Å². The van der Waals surface area contributed by atoms with Gasteiger partial charge in [0.05, 0.1) is 6.26 Å². The van der Waals surface area contributed by atoms with E-state index in [1.165, 1.54) is 0 Å². The Morgan fingerprint density at radius 3 is 2.36 bits per heavy atom. The summed E-state index contributed by atoms with van der Waals surface area (Å²) in [5.74, 6) is 0.360.